The van der Waals surface area contributed by atoms with Gasteiger partial charge >= 0.3 is 0 Å². The topological polar surface area (TPSA) is 12.0 Å². The molecule has 100 valence electrons. The predicted octanol–water partition coefficient (Wildman–Crippen LogP) is 4.48. The number of hydrogen-bond donors (Lipinski definition) is 1. The summed E-state index contributed by atoms with van der Waals surface area (Å²) in [5.41, 5.74) is 3.06. The molecule has 0 saturated heterocycles. The standard InChI is InChI=1S/C17H27N/c1-3-12-18-17(13-14-8-7-9-14)16-11-6-5-10-15(16)4-2/h5-6,10-11,14,17-18H,3-4,7-9,12-13H2,1-2H3. The molecule has 0 aliphatic heterocycles. The maximum atomic E-state index is 3.76. The van der Waals surface area contributed by atoms with Crippen molar-refractivity contribution in [3.63, 3.8) is 0 Å². The highest BCUT2D eigenvalue weighted by Crippen LogP contribution is 2.35. The van der Waals surface area contributed by atoms with Crippen LogP contribution in [-0.2, 0) is 6.42 Å². The van der Waals surface area contributed by atoms with Gasteiger partial charge in [-0.2, -0.15) is 0 Å². The van der Waals surface area contributed by atoms with E-state index < -0.39 is 0 Å². The lowest BCUT2D eigenvalue weighted by molar-refractivity contribution is 0.260. The van der Waals surface area contributed by atoms with Crippen LogP contribution in [0.15, 0.2) is 24.3 Å². The Morgan fingerprint density at radius 2 is 2.00 bits per heavy atom. The van der Waals surface area contributed by atoms with E-state index in [9.17, 15) is 0 Å². The van der Waals surface area contributed by atoms with Gasteiger partial charge in [-0.05, 0) is 42.9 Å². The minimum atomic E-state index is 0.575. The minimum Gasteiger partial charge on any atom is -0.310 e. The summed E-state index contributed by atoms with van der Waals surface area (Å²) in [7, 11) is 0. The van der Waals surface area contributed by atoms with Crippen molar-refractivity contribution in [2.45, 2.75) is 58.4 Å². The second-order valence-electron chi connectivity index (χ2n) is 5.59. The third-order valence-corrected chi connectivity index (χ3v) is 4.25. The lowest BCUT2D eigenvalue weighted by Crippen LogP contribution is -2.27. The predicted molar refractivity (Wildman–Crippen MR) is 78.8 cm³/mol. The normalized spacial score (nSPS) is 17.4. The van der Waals surface area contributed by atoms with Crippen LogP contribution in [0.1, 0.15) is 63.1 Å². The first kappa shape index (κ1) is 13.6. The highest BCUT2D eigenvalue weighted by atomic mass is 14.9. The zero-order chi connectivity index (χ0) is 12.8. The SMILES string of the molecule is CCCNC(CC1CCC1)c1ccccc1CC. The molecule has 0 amide bonds. The van der Waals surface area contributed by atoms with E-state index in [0.717, 1.165) is 18.9 Å². The Morgan fingerprint density at radius 3 is 2.61 bits per heavy atom. The molecule has 1 unspecified atom stereocenters. The van der Waals surface area contributed by atoms with E-state index in [-0.39, 0.29) is 0 Å². The molecular formula is C17H27N. The second kappa shape index (κ2) is 6.94. The Kier molecular flexibility index (Phi) is 5.25. The van der Waals surface area contributed by atoms with Crippen LogP contribution in [0.5, 0.6) is 0 Å². The van der Waals surface area contributed by atoms with Crippen molar-refractivity contribution in [3.05, 3.63) is 35.4 Å². The van der Waals surface area contributed by atoms with Crippen LogP contribution in [0.25, 0.3) is 0 Å². The molecule has 0 heterocycles. The third kappa shape index (κ3) is 3.35. The van der Waals surface area contributed by atoms with Gasteiger partial charge in [0.2, 0.25) is 0 Å². The second-order valence-corrected chi connectivity index (χ2v) is 5.59. The van der Waals surface area contributed by atoms with Crippen molar-refractivity contribution in [3.8, 4) is 0 Å². The highest BCUT2D eigenvalue weighted by Gasteiger charge is 2.23. The summed E-state index contributed by atoms with van der Waals surface area (Å²) in [5.74, 6) is 0.962. The fourth-order valence-corrected chi connectivity index (χ4v) is 2.90. The maximum absolute atomic E-state index is 3.76. The summed E-state index contributed by atoms with van der Waals surface area (Å²) in [6.07, 6.45) is 8.02. The average Bonchev–Trinajstić information content (AvgIpc) is 2.37. The van der Waals surface area contributed by atoms with Gasteiger partial charge in [0.1, 0.15) is 0 Å². The van der Waals surface area contributed by atoms with E-state index in [4.69, 9.17) is 0 Å². The van der Waals surface area contributed by atoms with E-state index in [0.29, 0.717) is 6.04 Å². The largest absolute Gasteiger partial charge is 0.310 e. The summed E-state index contributed by atoms with van der Waals surface area (Å²) in [6.45, 7) is 5.65. The third-order valence-electron chi connectivity index (χ3n) is 4.25. The Labute approximate surface area is 112 Å². The van der Waals surface area contributed by atoms with Crippen LogP contribution < -0.4 is 5.32 Å². The zero-order valence-electron chi connectivity index (χ0n) is 11.9. The quantitative estimate of drug-likeness (QED) is 0.747. The molecule has 0 spiro atoms. The average molecular weight is 245 g/mol. The zero-order valence-corrected chi connectivity index (χ0v) is 11.9. The van der Waals surface area contributed by atoms with E-state index in [1.54, 1.807) is 5.56 Å². The molecule has 0 bridgehead atoms. The van der Waals surface area contributed by atoms with E-state index in [2.05, 4.69) is 43.4 Å². The molecule has 1 N–H and O–H groups in total. The fraction of sp³-hybridized carbons (Fsp3) is 0.647. The van der Waals surface area contributed by atoms with Gasteiger partial charge in [-0.15, -0.1) is 0 Å². The van der Waals surface area contributed by atoms with Crippen LogP contribution in [-0.4, -0.2) is 6.54 Å². The first-order chi connectivity index (χ1) is 8.85. The summed E-state index contributed by atoms with van der Waals surface area (Å²) in [4.78, 5) is 0. The molecule has 1 aliphatic carbocycles. The number of aryl methyl sites for hydroxylation is 1. The van der Waals surface area contributed by atoms with Crippen molar-refractivity contribution >= 4 is 0 Å². The van der Waals surface area contributed by atoms with Crippen molar-refractivity contribution < 1.29 is 0 Å². The van der Waals surface area contributed by atoms with Crippen molar-refractivity contribution in [2.75, 3.05) is 6.54 Å². The minimum absolute atomic E-state index is 0.575. The van der Waals surface area contributed by atoms with E-state index >= 15 is 0 Å². The molecular weight excluding hydrogens is 218 g/mol. The Balaban J connectivity index is 2.09. The molecule has 1 aliphatic rings. The van der Waals surface area contributed by atoms with Gasteiger partial charge in [0.05, 0.1) is 0 Å². The van der Waals surface area contributed by atoms with Crippen LogP contribution in [0.2, 0.25) is 0 Å². The van der Waals surface area contributed by atoms with E-state index in [1.807, 2.05) is 0 Å². The Hall–Kier alpha value is -0.820. The number of rotatable bonds is 7. The molecule has 1 aromatic rings. The summed E-state index contributed by atoms with van der Waals surface area (Å²) in [6, 6.07) is 9.55. The molecule has 1 fully saturated rings. The molecule has 1 heteroatoms. The molecule has 1 aromatic carbocycles. The van der Waals surface area contributed by atoms with Gasteiger partial charge in [-0.3, -0.25) is 0 Å². The van der Waals surface area contributed by atoms with Crippen LogP contribution in [0.4, 0.5) is 0 Å². The first-order valence-corrected chi connectivity index (χ1v) is 7.66. The number of benzene rings is 1. The molecule has 1 nitrogen and oxygen atoms in total. The van der Waals surface area contributed by atoms with Gasteiger partial charge in [-0.25, -0.2) is 0 Å². The van der Waals surface area contributed by atoms with Crippen LogP contribution in [0.3, 0.4) is 0 Å². The molecule has 1 saturated carbocycles. The van der Waals surface area contributed by atoms with Gasteiger partial charge in [0.15, 0.2) is 0 Å². The van der Waals surface area contributed by atoms with Gasteiger partial charge in [0.25, 0.3) is 0 Å². The van der Waals surface area contributed by atoms with E-state index in [1.165, 1.54) is 37.7 Å². The molecule has 18 heavy (non-hydrogen) atoms. The summed E-state index contributed by atoms with van der Waals surface area (Å²) in [5, 5.41) is 3.76. The number of nitrogens with one attached hydrogen (secondary N) is 1. The summed E-state index contributed by atoms with van der Waals surface area (Å²) >= 11 is 0. The van der Waals surface area contributed by atoms with Crippen LogP contribution in [0, 0.1) is 5.92 Å². The van der Waals surface area contributed by atoms with Crippen molar-refractivity contribution in [1.29, 1.82) is 0 Å². The van der Waals surface area contributed by atoms with Crippen molar-refractivity contribution in [2.24, 2.45) is 5.92 Å². The van der Waals surface area contributed by atoms with Gasteiger partial charge < -0.3 is 5.32 Å². The maximum Gasteiger partial charge on any atom is 0.0325 e. The number of hydrogen-bond acceptors (Lipinski definition) is 1. The smallest absolute Gasteiger partial charge is 0.0325 e. The monoisotopic (exact) mass is 245 g/mol. The van der Waals surface area contributed by atoms with Gasteiger partial charge in [-0.1, -0.05) is 57.4 Å². The van der Waals surface area contributed by atoms with Gasteiger partial charge in [0, 0.05) is 6.04 Å². The highest BCUT2D eigenvalue weighted by molar-refractivity contribution is 5.30. The lowest BCUT2D eigenvalue weighted by atomic mass is 9.79. The molecule has 2 rings (SSSR count). The molecule has 0 aromatic heterocycles. The van der Waals surface area contributed by atoms with Crippen molar-refractivity contribution in [1.82, 2.24) is 5.32 Å². The molecule has 1 atom stereocenters. The lowest BCUT2D eigenvalue weighted by Gasteiger charge is -2.31. The Bertz CT molecular complexity index is 354. The fourth-order valence-electron chi connectivity index (χ4n) is 2.90. The van der Waals surface area contributed by atoms with Crippen LogP contribution >= 0.6 is 0 Å². The summed E-state index contributed by atoms with van der Waals surface area (Å²) < 4.78 is 0. The Morgan fingerprint density at radius 1 is 1.22 bits per heavy atom. The molecule has 0 radical (unpaired) electrons. The first-order valence-electron chi connectivity index (χ1n) is 7.66.